The van der Waals surface area contributed by atoms with E-state index in [0.29, 0.717) is 18.4 Å². The number of hydrogen-bond donors (Lipinski definition) is 3. The van der Waals surface area contributed by atoms with Gasteiger partial charge >= 0.3 is 14.2 Å². The first-order valence-electron chi connectivity index (χ1n) is 5.00. The fourth-order valence-electron chi connectivity index (χ4n) is 2.07. The van der Waals surface area contributed by atoms with Crippen LogP contribution in [0.3, 0.4) is 0 Å². The highest BCUT2D eigenvalue weighted by Gasteiger charge is 2.42. The third-order valence-corrected chi connectivity index (χ3v) is 3.34. The van der Waals surface area contributed by atoms with Crippen LogP contribution in [0.1, 0.15) is 17.5 Å². The number of fused-ring (bicyclic) bond motifs is 1. The van der Waals surface area contributed by atoms with E-state index in [2.05, 4.69) is 4.52 Å². The zero-order valence-corrected chi connectivity index (χ0v) is 9.84. The minimum atomic E-state index is -3.05. The summed E-state index contributed by atoms with van der Waals surface area (Å²) < 4.78 is 15.2. The van der Waals surface area contributed by atoms with Gasteiger partial charge in [-0.3, -0.25) is 0 Å². The molecule has 0 bridgehead atoms. The lowest BCUT2D eigenvalue weighted by Gasteiger charge is -2.19. The van der Waals surface area contributed by atoms with Crippen LogP contribution < -0.4 is 10.3 Å². The lowest BCUT2D eigenvalue weighted by Crippen LogP contribution is -2.42. The third kappa shape index (κ3) is 2.07. The summed E-state index contributed by atoms with van der Waals surface area (Å²) in [5.74, 6) is -0.814. The minimum Gasteiger partial charge on any atom is -0.480 e. The molecular formula is C10H12NO5P. The molecule has 0 saturated heterocycles. The van der Waals surface area contributed by atoms with Gasteiger partial charge in [-0.2, -0.15) is 0 Å². The molecule has 4 N–H and O–H groups in total. The molecular weight excluding hydrogens is 245 g/mol. The first-order valence-corrected chi connectivity index (χ1v) is 6.26. The first-order chi connectivity index (χ1) is 7.93. The van der Waals surface area contributed by atoms with Gasteiger partial charge < -0.3 is 20.3 Å². The SMILES string of the molecule is NC1(C(=O)O)CCc2cc(O[PH](=O)O)ccc21. The molecule has 2 rings (SSSR count). The van der Waals surface area contributed by atoms with E-state index in [-0.39, 0.29) is 5.75 Å². The smallest absolute Gasteiger partial charge is 0.365 e. The molecule has 0 aromatic heterocycles. The van der Waals surface area contributed by atoms with Gasteiger partial charge in [0.05, 0.1) is 0 Å². The Kier molecular flexibility index (Phi) is 2.95. The molecule has 17 heavy (non-hydrogen) atoms. The molecule has 7 heteroatoms. The number of carboxylic acids is 1. The second kappa shape index (κ2) is 4.14. The number of nitrogens with two attached hydrogens (primary N) is 1. The Morgan fingerprint density at radius 1 is 1.53 bits per heavy atom. The zero-order chi connectivity index (χ0) is 12.6. The Labute approximate surface area is 98.0 Å². The van der Waals surface area contributed by atoms with E-state index in [9.17, 15) is 9.36 Å². The highest BCUT2D eigenvalue weighted by molar-refractivity contribution is 7.32. The van der Waals surface area contributed by atoms with Gasteiger partial charge in [0.2, 0.25) is 0 Å². The van der Waals surface area contributed by atoms with Crippen LogP contribution in [-0.4, -0.2) is 16.0 Å². The maximum atomic E-state index is 11.1. The van der Waals surface area contributed by atoms with Gasteiger partial charge in [0.1, 0.15) is 11.3 Å². The van der Waals surface area contributed by atoms with Crippen molar-refractivity contribution in [2.45, 2.75) is 18.4 Å². The van der Waals surface area contributed by atoms with Crippen molar-refractivity contribution in [1.82, 2.24) is 0 Å². The summed E-state index contributed by atoms with van der Waals surface area (Å²) in [6, 6.07) is 4.55. The molecule has 0 spiro atoms. The quantitative estimate of drug-likeness (QED) is 0.685. The molecule has 0 fully saturated rings. The molecule has 0 saturated carbocycles. The van der Waals surface area contributed by atoms with Gasteiger partial charge in [-0.15, -0.1) is 0 Å². The van der Waals surface area contributed by atoms with E-state index in [0.717, 1.165) is 5.56 Å². The summed E-state index contributed by atoms with van der Waals surface area (Å²) in [5.41, 5.74) is 5.74. The second-order valence-corrected chi connectivity index (χ2v) is 4.70. The fraction of sp³-hybridized carbons (Fsp3) is 0.300. The van der Waals surface area contributed by atoms with Crippen molar-refractivity contribution < 1.29 is 23.9 Å². The molecule has 2 atom stereocenters. The van der Waals surface area contributed by atoms with Crippen LogP contribution >= 0.6 is 8.25 Å². The standard InChI is InChI=1S/C10H12NO5P/c11-10(9(12)13)4-3-6-5-7(16-17(14)15)1-2-8(6)10/h1-2,5,17H,3-4,11H2,(H,12,13)(H,14,15). The maximum Gasteiger partial charge on any atom is 0.365 e. The number of benzene rings is 1. The lowest BCUT2D eigenvalue weighted by molar-refractivity contribution is -0.143. The Morgan fingerprint density at radius 3 is 2.82 bits per heavy atom. The average Bonchev–Trinajstić information content (AvgIpc) is 2.57. The second-order valence-electron chi connectivity index (χ2n) is 3.96. The molecule has 92 valence electrons. The van der Waals surface area contributed by atoms with E-state index in [1.165, 1.54) is 12.1 Å². The summed E-state index contributed by atoms with van der Waals surface area (Å²) in [7, 11) is -3.05. The highest BCUT2D eigenvalue weighted by Crippen LogP contribution is 2.38. The van der Waals surface area contributed by atoms with Crippen molar-refractivity contribution in [3.8, 4) is 5.75 Å². The first kappa shape index (κ1) is 12.1. The van der Waals surface area contributed by atoms with E-state index >= 15 is 0 Å². The van der Waals surface area contributed by atoms with Gasteiger partial charge in [0, 0.05) is 0 Å². The molecule has 1 aliphatic rings. The Balaban J connectivity index is 2.38. The number of rotatable bonds is 3. The fourth-order valence-corrected chi connectivity index (χ4v) is 2.39. The third-order valence-electron chi connectivity index (χ3n) is 2.93. The predicted molar refractivity (Wildman–Crippen MR) is 60.1 cm³/mol. The van der Waals surface area contributed by atoms with Crippen LogP contribution in [0.5, 0.6) is 5.75 Å². The summed E-state index contributed by atoms with van der Waals surface area (Å²) in [5, 5.41) is 9.09. The van der Waals surface area contributed by atoms with Crippen LogP contribution in [0, 0.1) is 0 Å². The van der Waals surface area contributed by atoms with Crippen molar-refractivity contribution in [3.05, 3.63) is 29.3 Å². The van der Waals surface area contributed by atoms with E-state index in [1.807, 2.05) is 0 Å². The number of aryl methyl sites for hydroxylation is 1. The molecule has 1 aromatic carbocycles. The van der Waals surface area contributed by atoms with Crippen molar-refractivity contribution in [1.29, 1.82) is 0 Å². The van der Waals surface area contributed by atoms with E-state index in [1.54, 1.807) is 6.07 Å². The predicted octanol–water partition coefficient (Wildman–Crippen LogP) is 0.632. The molecule has 1 aromatic rings. The van der Waals surface area contributed by atoms with Gasteiger partial charge in [-0.05, 0) is 36.1 Å². The molecule has 6 nitrogen and oxygen atoms in total. The molecule has 2 unspecified atom stereocenters. The topological polar surface area (TPSA) is 110 Å². The Morgan fingerprint density at radius 2 is 2.24 bits per heavy atom. The highest BCUT2D eigenvalue weighted by atomic mass is 31.1. The molecule has 0 heterocycles. The molecule has 0 amide bonds. The van der Waals surface area contributed by atoms with Crippen LogP contribution in [0.25, 0.3) is 0 Å². The number of hydrogen-bond acceptors (Lipinski definition) is 4. The zero-order valence-electron chi connectivity index (χ0n) is 8.84. The molecule has 1 aliphatic carbocycles. The summed E-state index contributed by atoms with van der Waals surface area (Å²) >= 11 is 0. The van der Waals surface area contributed by atoms with Crippen molar-refractivity contribution >= 4 is 14.2 Å². The van der Waals surface area contributed by atoms with Gasteiger partial charge in [0.15, 0.2) is 0 Å². The number of carboxylic acid groups (broad SMARTS) is 1. The van der Waals surface area contributed by atoms with Crippen molar-refractivity contribution in [2.75, 3.05) is 0 Å². The van der Waals surface area contributed by atoms with E-state index in [4.69, 9.17) is 15.7 Å². The van der Waals surface area contributed by atoms with Crippen LogP contribution in [-0.2, 0) is 21.3 Å². The molecule has 0 radical (unpaired) electrons. The average molecular weight is 257 g/mol. The summed E-state index contributed by atoms with van der Waals surface area (Å²) in [6.07, 6.45) is 0.830. The van der Waals surface area contributed by atoms with Crippen LogP contribution in [0.4, 0.5) is 0 Å². The van der Waals surface area contributed by atoms with Gasteiger partial charge in [-0.1, -0.05) is 6.07 Å². The largest absolute Gasteiger partial charge is 0.480 e. The van der Waals surface area contributed by atoms with Crippen LogP contribution in [0.2, 0.25) is 0 Å². The number of carbonyl (C=O) groups is 1. The van der Waals surface area contributed by atoms with Gasteiger partial charge in [-0.25, -0.2) is 9.36 Å². The van der Waals surface area contributed by atoms with Crippen molar-refractivity contribution in [3.63, 3.8) is 0 Å². The lowest BCUT2D eigenvalue weighted by atomic mass is 9.93. The summed E-state index contributed by atoms with van der Waals surface area (Å²) in [6.45, 7) is 0. The van der Waals surface area contributed by atoms with E-state index < -0.39 is 19.8 Å². The normalized spacial score (nSPS) is 24.1. The monoisotopic (exact) mass is 257 g/mol. The Bertz CT molecular complexity index is 503. The molecule has 0 aliphatic heterocycles. The minimum absolute atomic E-state index is 0.254. The van der Waals surface area contributed by atoms with Crippen LogP contribution in [0.15, 0.2) is 18.2 Å². The van der Waals surface area contributed by atoms with Gasteiger partial charge in [0.25, 0.3) is 0 Å². The van der Waals surface area contributed by atoms with Crippen molar-refractivity contribution in [2.24, 2.45) is 5.73 Å². The maximum absolute atomic E-state index is 11.1. The number of aliphatic carboxylic acids is 1. The summed E-state index contributed by atoms with van der Waals surface area (Å²) in [4.78, 5) is 19.8. The Hall–Kier alpha value is -1.36.